The van der Waals surface area contributed by atoms with Crippen molar-refractivity contribution in [1.29, 1.82) is 0 Å². The van der Waals surface area contributed by atoms with E-state index in [1.807, 2.05) is 0 Å². The molecule has 1 heterocycles. The highest BCUT2D eigenvalue weighted by atomic mass is 19.4. The summed E-state index contributed by atoms with van der Waals surface area (Å²) in [7, 11) is 0. The number of carbonyl (C=O) groups is 2. The van der Waals surface area contributed by atoms with Crippen LogP contribution in [0.3, 0.4) is 0 Å². The standard InChI is InChI=1S/C24H15F4NO4/c25-16-8-6-15(7-9-16)21(30)19-20(14-4-2-1-3-5-14)29(23(32)22(19)31)17-10-12-18(13-11-17)33-24(26,27)28/h1-13,20,30H/b21-19+. The maximum atomic E-state index is 13.3. The first-order valence-corrected chi connectivity index (χ1v) is 9.63. The van der Waals surface area contributed by atoms with Gasteiger partial charge in [0.25, 0.3) is 11.7 Å². The summed E-state index contributed by atoms with van der Waals surface area (Å²) in [6, 6.07) is 16.5. The number of alkyl halides is 3. The van der Waals surface area contributed by atoms with Crippen molar-refractivity contribution in [2.75, 3.05) is 4.90 Å². The van der Waals surface area contributed by atoms with E-state index in [-0.39, 0.29) is 16.8 Å². The molecule has 0 saturated carbocycles. The Balaban J connectivity index is 1.83. The van der Waals surface area contributed by atoms with Gasteiger partial charge in [-0.15, -0.1) is 13.2 Å². The van der Waals surface area contributed by atoms with Gasteiger partial charge in [0.1, 0.15) is 17.3 Å². The third kappa shape index (κ3) is 4.43. The van der Waals surface area contributed by atoms with Crippen molar-refractivity contribution in [3.05, 3.63) is 101 Å². The Hall–Kier alpha value is -4.14. The highest BCUT2D eigenvalue weighted by molar-refractivity contribution is 6.51. The van der Waals surface area contributed by atoms with Gasteiger partial charge in [-0.3, -0.25) is 14.5 Å². The molecule has 1 atom stereocenters. The summed E-state index contributed by atoms with van der Waals surface area (Å²) in [5.74, 6) is -3.50. The van der Waals surface area contributed by atoms with Gasteiger partial charge in [-0.05, 0) is 54.1 Å². The summed E-state index contributed by atoms with van der Waals surface area (Å²) < 4.78 is 54.6. The van der Waals surface area contributed by atoms with Gasteiger partial charge >= 0.3 is 6.36 Å². The van der Waals surface area contributed by atoms with Gasteiger partial charge in [-0.1, -0.05) is 30.3 Å². The zero-order valence-electron chi connectivity index (χ0n) is 16.7. The van der Waals surface area contributed by atoms with Gasteiger partial charge in [0.2, 0.25) is 0 Å². The zero-order valence-corrected chi connectivity index (χ0v) is 16.7. The monoisotopic (exact) mass is 457 g/mol. The molecule has 0 spiro atoms. The van der Waals surface area contributed by atoms with Crippen LogP contribution in [0.1, 0.15) is 17.2 Å². The predicted molar refractivity (Wildman–Crippen MR) is 111 cm³/mol. The van der Waals surface area contributed by atoms with Crippen LogP contribution < -0.4 is 9.64 Å². The number of hydrogen-bond donors (Lipinski definition) is 1. The molecule has 0 aliphatic carbocycles. The molecule has 168 valence electrons. The number of halogens is 4. The molecule has 0 bridgehead atoms. The Kier molecular flexibility index (Phi) is 5.63. The van der Waals surface area contributed by atoms with Crippen LogP contribution >= 0.6 is 0 Å². The number of aliphatic hydroxyl groups excluding tert-OH is 1. The first-order valence-electron chi connectivity index (χ1n) is 9.63. The van der Waals surface area contributed by atoms with Crippen LogP contribution in [-0.4, -0.2) is 23.2 Å². The largest absolute Gasteiger partial charge is 0.573 e. The molecule has 9 heteroatoms. The maximum absolute atomic E-state index is 13.3. The number of aliphatic hydroxyl groups is 1. The van der Waals surface area contributed by atoms with Crippen molar-refractivity contribution in [3.8, 4) is 5.75 Å². The molecule has 4 rings (SSSR count). The summed E-state index contributed by atoms with van der Waals surface area (Å²) in [4.78, 5) is 27.0. The van der Waals surface area contributed by atoms with Crippen LogP contribution in [0.5, 0.6) is 5.75 Å². The SMILES string of the molecule is O=C1C(=O)N(c2ccc(OC(F)(F)F)cc2)C(c2ccccc2)/C1=C(\O)c1ccc(F)cc1. The fourth-order valence-electron chi connectivity index (χ4n) is 3.62. The molecule has 0 aromatic heterocycles. The van der Waals surface area contributed by atoms with Crippen molar-refractivity contribution in [2.45, 2.75) is 12.4 Å². The highest BCUT2D eigenvalue weighted by Crippen LogP contribution is 2.42. The number of ether oxygens (including phenoxy) is 1. The van der Waals surface area contributed by atoms with Gasteiger partial charge in [0, 0.05) is 11.3 Å². The second kappa shape index (κ2) is 8.42. The normalized spacial score (nSPS) is 17.9. The fraction of sp³-hybridized carbons (Fsp3) is 0.0833. The van der Waals surface area contributed by atoms with Crippen molar-refractivity contribution >= 4 is 23.1 Å². The summed E-state index contributed by atoms with van der Waals surface area (Å²) in [6.45, 7) is 0. The minimum atomic E-state index is -4.88. The second-order valence-electron chi connectivity index (χ2n) is 7.13. The lowest BCUT2D eigenvalue weighted by molar-refractivity contribution is -0.274. The molecule has 1 unspecified atom stereocenters. The lowest BCUT2D eigenvalue weighted by atomic mass is 9.95. The number of Topliss-reactive ketones (excluding diaryl/α,β-unsaturated/α-hetero) is 1. The Bertz CT molecular complexity index is 1220. The van der Waals surface area contributed by atoms with Gasteiger partial charge in [-0.25, -0.2) is 4.39 Å². The summed E-state index contributed by atoms with van der Waals surface area (Å²) in [5, 5.41) is 10.9. The third-order valence-corrected chi connectivity index (χ3v) is 5.03. The quantitative estimate of drug-likeness (QED) is 0.248. The Labute approximate surface area is 185 Å². The van der Waals surface area contributed by atoms with Gasteiger partial charge in [-0.2, -0.15) is 0 Å². The van der Waals surface area contributed by atoms with Crippen molar-refractivity contribution in [2.24, 2.45) is 0 Å². The van der Waals surface area contributed by atoms with E-state index in [0.717, 1.165) is 29.2 Å². The lowest BCUT2D eigenvalue weighted by Gasteiger charge is -2.25. The van der Waals surface area contributed by atoms with Gasteiger partial charge in [0.05, 0.1) is 11.6 Å². The van der Waals surface area contributed by atoms with Gasteiger partial charge in [0.15, 0.2) is 0 Å². The summed E-state index contributed by atoms with van der Waals surface area (Å²) in [6.07, 6.45) is -4.88. The van der Waals surface area contributed by atoms with Crippen LogP contribution in [0.15, 0.2) is 84.4 Å². The Morgan fingerprint density at radius 2 is 1.48 bits per heavy atom. The van der Waals surface area contributed by atoms with Crippen molar-refractivity contribution < 1.29 is 37.0 Å². The first-order chi connectivity index (χ1) is 15.7. The maximum Gasteiger partial charge on any atom is 0.573 e. The van der Waals surface area contributed by atoms with Crippen LogP contribution in [0, 0.1) is 5.82 Å². The minimum Gasteiger partial charge on any atom is -0.507 e. The molecule has 3 aromatic carbocycles. The zero-order chi connectivity index (χ0) is 23.8. The van der Waals surface area contributed by atoms with E-state index in [4.69, 9.17) is 0 Å². The highest BCUT2D eigenvalue weighted by Gasteiger charge is 2.47. The van der Waals surface area contributed by atoms with Gasteiger partial charge < -0.3 is 9.84 Å². The minimum absolute atomic E-state index is 0.124. The molecule has 3 aromatic rings. The number of nitrogens with zero attached hydrogens (tertiary/aromatic N) is 1. The van der Waals surface area contributed by atoms with Crippen molar-refractivity contribution in [3.63, 3.8) is 0 Å². The first kappa shape index (κ1) is 22.1. The molecule has 0 radical (unpaired) electrons. The summed E-state index contributed by atoms with van der Waals surface area (Å²) >= 11 is 0. The Morgan fingerprint density at radius 3 is 2.06 bits per heavy atom. The van der Waals surface area contributed by atoms with Crippen LogP contribution in [-0.2, 0) is 9.59 Å². The van der Waals surface area contributed by atoms with E-state index >= 15 is 0 Å². The summed E-state index contributed by atoms with van der Waals surface area (Å²) in [5.41, 5.74) is 0.507. The molecule has 1 aliphatic rings. The van der Waals surface area contributed by atoms with E-state index < -0.39 is 41.4 Å². The lowest BCUT2D eigenvalue weighted by Crippen LogP contribution is -2.29. The smallest absolute Gasteiger partial charge is 0.507 e. The third-order valence-electron chi connectivity index (χ3n) is 5.03. The molecule has 1 fully saturated rings. The molecule has 1 N–H and O–H groups in total. The number of anilines is 1. The Morgan fingerprint density at radius 1 is 0.879 bits per heavy atom. The van der Waals surface area contributed by atoms with E-state index in [0.29, 0.717) is 5.56 Å². The topological polar surface area (TPSA) is 66.8 Å². The molecular weight excluding hydrogens is 442 g/mol. The number of carbonyl (C=O) groups excluding carboxylic acids is 2. The molecule has 33 heavy (non-hydrogen) atoms. The number of amides is 1. The molecular formula is C24H15F4NO4. The second-order valence-corrected chi connectivity index (χ2v) is 7.13. The molecule has 1 aliphatic heterocycles. The van der Waals surface area contributed by atoms with E-state index in [1.54, 1.807) is 30.3 Å². The predicted octanol–water partition coefficient (Wildman–Crippen LogP) is 5.35. The number of ketones is 1. The van der Waals surface area contributed by atoms with Crippen LogP contribution in [0.2, 0.25) is 0 Å². The van der Waals surface area contributed by atoms with E-state index in [2.05, 4.69) is 4.74 Å². The molecule has 5 nitrogen and oxygen atoms in total. The van der Waals surface area contributed by atoms with Crippen molar-refractivity contribution in [1.82, 2.24) is 0 Å². The molecule has 1 saturated heterocycles. The number of benzene rings is 3. The van der Waals surface area contributed by atoms with E-state index in [9.17, 15) is 32.3 Å². The average molecular weight is 457 g/mol. The van der Waals surface area contributed by atoms with Crippen LogP contribution in [0.25, 0.3) is 5.76 Å². The van der Waals surface area contributed by atoms with E-state index in [1.165, 1.54) is 24.3 Å². The number of rotatable bonds is 4. The molecule has 1 amide bonds. The average Bonchev–Trinajstić information content (AvgIpc) is 3.04. The van der Waals surface area contributed by atoms with Crippen LogP contribution in [0.4, 0.5) is 23.2 Å². The number of hydrogen-bond acceptors (Lipinski definition) is 4. The fourth-order valence-corrected chi connectivity index (χ4v) is 3.62.